The van der Waals surface area contributed by atoms with Crippen LogP contribution >= 0.6 is 0 Å². The van der Waals surface area contributed by atoms with Gasteiger partial charge in [0, 0.05) is 38.1 Å². The van der Waals surface area contributed by atoms with Crippen molar-refractivity contribution in [1.29, 1.82) is 0 Å². The van der Waals surface area contributed by atoms with Crippen molar-refractivity contribution in [3.63, 3.8) is 0 Å². The molecule has 1 saturated heterocycles. The number of ketones is 1. The Morgan fingerprint density at radius 2 is 1.68 bits per heavy atom. The highest BCUT2D eigenvalue weighted by atomic mass is 16.5. The number of benzene rings is 2. The molecule has 5 nitrogen and oxygen atoms in total. The zero-order valence-corrected chi connectivity index (χ0v) is 16.3. The number of hydrogen-bond donors (Lipinski definition) is 1. The molecule has 2 aromatic carbocycles. The third-order valence-corrected chi connectivity index (χ3v) is 5.14. The Bertz CT molecular complexity index is 724. The number of piperazine rings is 1. The summed E-state index contributed by atoms with van der Waals surface area (Å²) in [5.41, 5.74) is 2.56. The van der Waals surface area contributed by atoms with Crippen LogP contribution < -0.4 is 5.32 Å². The van der Waals surface area contributed by atoms with Crippen LogP contribution in [0.3, 0.4) is 0 Å². The molecular formula is C23H28N2O3. The monoisotopic (exact) mass is 380 g/mol. The lowest BCUT2D eigenvalue weighted by atomic mass is 9.83. The molecule has 0 spiro atoms. The van der Waals surface area contributed by atoms with Gasteiger partial charge in [-0.2, -0.15) is 0 Å². The minimum absolute atomic E-state index is 0.151. The molecule has 0 amide bonds. The first-order valence-electron chi connectivity index (χ1n) is 9.85. The molecule has 1 aliphatic rings. The van der Waals surface area contributed by atoms with Gasteiger partial charge in [-0.1, -0.05) is 60.7 Å². The van der Waals surface area contributed by atoms with E-state index in [2.05, 4.69) is 58.7 Å². The molecule has 1 heterocycles. The van der Waals surface area contributed by atoms with Gasteiger partial charge in [-0.3, -0.25) is 14.5 Å². The van der Waals surface area contributed by atoms with Crippen molar-refractivity contribution in [1.82, 2.24) is 10.2 Å². The summed E-state index contributed by atoms with van der Waals surface area (Å²) in [5.74, 6) is -0.386. The van der Waals surface area contributed by atoms with Gasteiger partial charge < -0.3 is 10.1 Å². The quantitative estimate of drug-likeness (QED) is 0.564. The highest BCUT2D eigenvalue weighted by molar-refractivity contribution is 5.94. The Labute approximate surface area is 166 Å². The molecule has 1 fully saturated rings. The number of Topliss-reactive ketones (excluding diaryl/α,β-unsaturated/α-hetero) is 1. The first-order chi connectivity index (χ1) is 13.6. The second kappa shape index (κ2) is 10.2. The fourth-order valence-electron chi connectivity index (χ4n) is 3.86. The minimum atomic E-state index is -0.443. The van der Waals surface area contributed by atoms with Crippen molar-refractivity contribution in [2.24, 2.45) is 0 Å². The van der Waals surface area contributed by atoms with Crippen molar-refractivity contribution in [2.75, 3.05) is 32.8 Å². The molecule has 5 heteroatoms. The topological polar surface area (TPSA) is 58.6 Å². The maximum atomic E-state index is 11.7. The summed E-state index contributed by atoms with van der Waals surface area (Å²) in [6.07, 6.45) is -0.151. The summed E-state index contributed by atoms with van der Waals surface area (Å²) >= 11 is 0. The fourth-order valence-corrected chi connectivity index (χ4v) is 3.86. The van der Waals surface area contributed by atoms with Crippen LogP contribution in [0.4, 0.5) is 0 Å². The van der Waals surface area contributed by atoms with Gasteiger partial charge in [-0.25, -0.2) is 0 Å². The number of ether oxygens (including phenoxy) is 1. The molecule has 0 aromatic heterocycles. The van der Waals surface area contributed by atoms with Crippen molar-refractivity contribution in [2.45, 2.75) is 25.3 Å². The van der Waals surface area contributed by atoms with Crippen LogP contribution in [-0.4, -0.2) is 55.5 Å². The van der Waals surface area contributed by atoms with Crippen LogP contribution in [0.25, 0.3) is 0 Å². The van der Waals surface area contributed by atoms with Gasteiger partial charge >= 0.3 is 5.97 Å². The van der Waals surface area contributed by atoms with Gasteiger partial charge in [0.1, 0.15) is 18.8 Å². The lowest BCUT2D eigenvalue weighted by Crippen LogP contribution is -2.54. The molecule has 0 aliphatic carbocycles. The van der Waals surface area contributed by atoms with Gasteiger partial charge in [-0.05, 0) is 18.1 Å². The Balaban J connectivity index is 1.75. The standard InChI is InChI=1S/C23H28N2O3/c1-18(26)16-22(27)28-15-14-25-13-12-24-17-21(25)23(19-8-4-2-5-9-19)20-10-6-3-7-11-20/h2-11,21,23-24H,12-17H2,1H3. The average Bonchev–Trinajstić information content (AvgIpc) is 2.70. The number of hydrogen-bond acceptors (Lipinski definition) is 5. The van der Waals surface area contributed by atoms with E-state index in [0.717, 1.165) is 19.6 Å². The summed E-state index contributed by atoms with van der Waals surface area (Å²) < 4.78 is 5.27. The van der Waals surface area contributed by atoms with Gasteiger partial charge in [0.2, 0.25) is 0 Å². The third kappa shape index (κ3) is 5.50. The number of nitrogens with one attached hydrogen (secondary N) is 1. The molecule has 1 unspecified atom stereocenters. The van der Waals surface area contributed by atoms with E-state index in [1.165, 1.54) is 18.1 Å². The Morgan fingerprint density at radius 1 is 1.07 bits per heavy atom. The Morgan fingerprint density at radius 3 is 2.25 bits per heavy atom. The predicted octanol–water partition coefficient (Wildman–Crippen LogP) is 2.61. The van der Waals surface area contributed by atoms with E-state index in [1.807, 2.05) is 12.1 Å². The number of esters is 1. The van der Waals surface area contributed by atoms with Crippen LogP contribution in [0.1, 0.15) is 30.4 Å². The molecule has 0 saturated carbocycles. The molecule has 0 bridgehead atoms. The smallest absolute Gasteiger partial charge is 0.313 e. The molecule has 2 aromatic rings. The number of nitrogens with zero attached hydrogens (tertiary/aromatic N) is 1. The van der Waals surface area contributed by atoms with E-state index in [0.29, 0.717) is 13.2 Å². The Hall–Kier alpha value is -2.50. The first kappa shape index (κ1) is 20.2. The van der Waals surface area contributed by atoms with E-state index < -0.39 is 5.97 Å². The van der Waals surface area contributed by atoms with E-state index >= 15 is 0 Å². The van der Waals surface area contributed by atoms with E-state index in [4.69, 9.17) is 4.74 Å². The summed E-state index contributed by atoms with van der Waals surface area (Å²) in [7, 11) is 0. The molecular weight excluding hydrogens is 352 g/mol. The van der Waals surface area contributed by atoms with E-state index in [1.54, 1.807) is 0 Å². The zero-order chi connectivity index (χ0) is 19.8. The molecule has 28 heavy (non-hydrogen) atoms. The van der Waals surface area contributed by atoms with Gasteiger partial charge in [0.25, 0.3) is 0 Å². The van der Waals surface area contributed by atoms with Crippen molar-refractivity contribution < 1.29 is 14.3 Å². The van der Waals surface area contributed by atoms with Gasteiger partial charge in [-0.15, -0.1) is 0 Å². The van der Waals surface area contributed by atoms with Crippen molar-refractivity contribution in [3.05, 3.63) is 71.8 Å². The highest BCUT2D eigenvalue weighted by Crippen LogP contribution is 2.31. The summed E-state index contributed by atoms with van der Waals surface area (Å²) in [4.78, 5) is 25.1. The van der Waals surface area contributed by atoms with Gasteiger partial charge in [0.05, 0.1) is 0 Å². The maximum absolute atomic E-state index is 11.7. The minimum Gasteiger partial charge on any atom is -0.464 e. The van der Waals surface area contributed by atoms with Crippen molar-refractivity contribution in [3.8, 4) is 0 Å². The molecule has 3 rings (SSSR count). The molecule has 148 valence electrons. The normalized spacial score (nSPS) is 17.4. The fraction of sp³-hybridized carbons (Fsp3) is 0.391. The van der Waals surface area contributed by atoms with Crippen LogP contribution in [0, 0.1) is 0 Å². The molecule has 1 atom stereocenters. The number of carbonyl (C=O) groups excluding carboxylic acids is 2. The van der Waals surface area contributed by atoms with Crippen LogP contribution in [0.5, 0.6) is 0 Å². The average molecular weight is 380 g/mol. The van der Waals surface area contributed by atoms with Crippen LogP contribution in [0.15, 0.2) is 60.7 Å². The van der Waals surface area contributed by atoms with Gasteiger partial charge in [0.15, 0.2) is 0 Å². The largest absolute Gasteiger partial charge is 0.464 e. The molecule has 1 N–H and O–H groups in total. The lowest BCUT2D eigenvalue weighted by Gasteiger charge is -2.41. The Kier molecular flexibility index (Phi) is 7.34. The molecule has 1 aliphatic heterocycles. The number of rotatable bonds is 8. The predicted molar refractivity (Wildman–Crippen MR) is 109 cm³/mol. The summed E-state index contributed by atoms with van der Waals surface area (Å²) in [6.45, 7) is 5.04. The van der Waals surface area contributed by atoms with Crippen molar-refractivity contribution >= 4 is 11.8 Å². The first-order valence-corrected chi connectivity index (χ1v) is 9.85. The summed E-state index contributed by atoms with van der Waals surface area (Å²) in [5, 5.41) is 3.52. The number of carbonyl (C=O) groups is 2. The second-order valence-electron chi connectivity index (χ2n) is 7.21. The second-order valence-corrected chi connectivity index (χ2v) is 7.21. The van der Waals surface area contributed by atoms with E-state index in [9.17, 15) is 9.59 Å². The summed E-state index contributed by atoms with van der Waals surface area (Å²) in [6, 6.07) is 21.4. The zero-order valence-electron chi connectivity index (χ0n) is 16.3. The van der Waals surface area contributed by atoms with Crippen LogP contribution in [0.2, 0.25) is 0 Å². The van der Waals surface area contributed by atoms with Crippen LogP contribution in [-0.2, 0) is 14.3 Å². The highest BCUT2D eigenvalue weighted by Gasteiger charge is 2.31. The maximum Gasteiger partial charge on any atom is 0.313 e. The molecule has 0 radical (unpaired) electrons. The third-order valence-electron chi connectivity index (χ3n) is 5.14. The lowest BCUT2D eigenvalue weighted by molar-refractivity contribution is -0.146. The SMILES string of the molecule is CC(=O)CC(=O)OCCN1CCNCC1C(c1ccccc1)c1ccccc1. The van der Waals surface area contributed by atoms with E-state index in [-0.39, 0.29) is 24.2 Å².